The molecule has 0 aliphatic heterocycles. The average molecular weight is 92.2 g/mol. The minimum Gasteiger partial charge on any atom is -0.251 e. The quantitative estimate of drug-likeness (QED) is 0.430. The summed E-state index contributed by atoms with van der Waals surface area (Å²) in [7, 11) is 0. The molecule has 0 heterocycles. The van der Waals surface area contributed by atoms with E-state index >= 15 is 0 Å². The molecule has 0 unspecified atom stereocenters. The van der Waals surface area contributed by atoms with Gasteiger partial charge in [0.15, 0.2) is 0 Å². The van der Waals surface area contributed by atoms with Crippen LogP contribution in [0.15, 0.2) is 0 Å². The van der Waals surface area contributed by atoms with E-state index in [9.17, 15) is 4.39 Å². The summed E-state index contributed by atoms with van der Waals surface area (Å²) < 4.78 is 10.3. The maximum Gasteiger partial charge on any atom is 0.0866 e. The van der Waals surface area contributed by atoms with E-state index in [1.807, 2.05) is 0 Å². The van der Waals surface area contributed by atoms with Gasteiger partial charge in [0.05, 0.1) is 6.67 Å². The Morgan fingerprint density at radius 2 is 1.17 bits per heavy atom. The summed E-state index contributed by atoms with van der Waals surface area (Å²) in [5, 5.41) is 0. The van der Waals surface area contributed by atoms with Gasteiger partial charge in [-0.2, -0.15) is 0 Å². The molecule has 0 nitrogen and oxygen atoms in total. The van der Waals surface area contributed by atoms with Gasteiger partial charge in [0.25, 0.3) is 0 Å². The molecular formula is C5H13F. The van der Waals surface area contributed by atoms with Crippen molar-refractivity contribution in [3.8, 4) is 0 Å². The Balaban J connectivity index is 0. The monoisotopic (exact) mass is 92.1 g/mol. The molecule has 0 radical (unpaired) electrons. The number of alkyl halides is 1. The van der Waals surface area contributed by atoms with E-state index in [0.29, 0.717) is 0 Å². The molecule has 0 bridgehead atoms. The van der Waals surface area contributed by atoms with Crippen LogP contribution in [0, 0.1) is 0 Å². The largest absolute Gasteiger partial charge is 0.251 e. The third kappa shape index (κ3) is 6890. The van der Waals surface area contributed by atoms with Crippen LogP contribution < -0.4 is 0 Å². The van der Waals surface area contributed by atoms with Crippen LogP contribution in [0.3, 0.4) is 0 Å². The summed E-state index contributed by atoms with van der Waals surface area (Å²) in [5.41, 5.74) is 0. The molecule has 0 aliphatic carbocycles. The molecule has 0 spiro atoms. The van der Waals surface area contributed by atoms with Crippen LogP contribution in [0.2, 0.25) is 0 Å². The SMILES string of the molecule is CCC.CCF. The number of rotatable bonds is 0. The zero-order valence-electron chi connectivity index (χ0n) is 4.79. The number of halogens is 1. The van der Waals surface area contributed by atoms with Gasteiger partial charge in [0.1, 0.15) is 0 Å². The first-order valence-electron chi connectivity index (χ1n) is 2.39. The molecule has 0 fully saturated rings. The molecular weight excluding hydrogens is 79.1 g/mol. The molecule has 0 aromatic rings. The highest BCUT2D eigenvalue weighted by Gasteiger charge is 1.39. The highest BCUT2D eigenvalue weighted by atomic mass is 19.1. The maximum absolute atomic E-state index is 10.3. The van der Waals surface area contributed by atoms with E-state index in [-0.39, 0.29) is 6.67 Å². The smallest absolute Gasteiger partial charge is 0.0866 e. The zero-order chi connectivity index (χ0) is 5.41. The highest BCUT2D eigenvalue weighted by molar-refractivity contribution is 3.92. The van der Waals surface area contributed by atoms with E-state index in [1.165, 1.54) is 13.3 Å². The van der Waals surface area contributed by atoms with Gasteiger partial charge in [-0.3, -0.25) is 4.39 Å². The Morgan fingerprint density at radius 3 is 1.17 bits per heavy atom. The summed E-state index contributed by atoms with van der Waals surface area (Å²) >= 11 is 0. The normalized spacial score (nSPS) is 6.00. The maximum atomic E-state index is 10.3. The summed E-state index contributed by atoms with van der Waals surface area (Å²) in [6.07, 6.45) is 1.25. The van der Waals surface area contributed by atoms with Crippen LogP contribution >= 0.6 is 0 Å². The molecule has 0 N–H and O–H groups in total. The molecule has 0 aromatic carbocycles. The third-order valence-corrected chi connectivity index (χ3v) is 0. The van der Waals surface area contributed by atoms with Crippen molar-refractivity contribution in [2.75, 3.05) is 6.67 Å². The number of hydrogen-bond donors (Lipinski definition) is 0. The second kappa shape index (κ2) is 20.4. The first-order chi connectivity index (χ1) is 2.83. The first-order valence-corrected chi connectivity index (χ1v) is 2.39. The molecule has 0 saturated heterocycles. The van der Waals surface area contributed by atoms with Gasteiger partial charge in [-0.1, -0.05) is 20.3 Å². The molecule has 1 heteroatoms. The molecule has 0 atom stereocenters. The van der Waals surface area contributed by atoms with Gasteiger partial charge in [-0.15, -0.1) is 0 Å². The lowest BCUT2D eigenvalue weighted by Gasteiger charge is -1.48. The molecule has 0 aliphatic rings. The third-order valence-electron chi connectivity index (χ3n) is 0. The summed E-state index contributed by atoms with van der Waals surface area (Å²) in [6, 6.07) is 0. The van der Waals surface area contributed by atoms with Crippen LogP contribution in [0.1, 0.15) is 27.2 Å². The Bertz CT molecular complexity index is 5.90. The lowest BCUT2D eigenvalue weighted by atomic mass is 10.6. The van der Waals surface area contributed by atoms with Crippen molar-refractivity contribution in [3.63, 3.8) is 0 Å². The first kappa shape index (κ1) is 9.33. The highest BCUT2D eigenvalue weighted by Crippen LogP contribution is 1.56. The molecule has 0 amide bonds. The van der Waals surface area contributed by atoms with Crippen LogP contribution in [-0.4, -0.2) is 6.67 Å². The van der Waals surface area contributed by atoms with Crippen LogP contribution in [0.5, 0.6) is 0 Å². The fourth-order valence-electron chi connectivity index (χ4n) is 0. The van der Waals surface area contributed by atoms with E-state index in [2.05, 4.69) is 13.8 Å². The van der Waals surface area contributed by atoms with Crippen molar-refractivity contribution in [3.05, 3.63) is 0 Å². The van der Waals surface area contributed by atoms with Crippen LogP contribution in [-0.2, 0) is 0 Å². The van der Waals surface area contributed by atoms with Crippen molar-refractivity contribution in [1.29, 1.82) is 0 Å². The Kier molecular flexibility index (Phi) is 31.8. The van der Waals surface area contributed by atoms with Crippen molar-refractivity contribution < 1.29 is 4.39 Å². The summed E-state index contributed by atoms with van der Waals surface area (Å²) in [5.74, 6) is 0. The van der Waals surface area contributed by atoms with Crippen molar-refractivity contribution >= 4 is 0 Å². The van der Waals surface area contributed by atoms with E-state index in [0.717, 1.165) is 0 Å². The predicted octanol–water partition coefficient (Wildman–Crippen LogP) is 2.39. The number of hydrogen-bond acceptors (Lipinski definition) is 0. The van der Waals surface area contributed by atoms with Crippen molar-refractivity contribution in [2.45, 2.75) is 27.2 Å². The zero-order valence-corrected chi connectivity index (χ0v) is 4.79. The Morgan fingerprint density at radius 1 is 1.17 bits per heavy atom. The molecule has 0 aromatic heterocycles. The topological polar surface area (TPSA) is 0 Å². The molecule has 0 saturated carbocycles. The predicted molar refractivity (Wildman–Crippen MR) is 27.6 cm³/mol. The van der Waals surface area contributed by atoms with Gasteiger partial charge >= 0.3 is 0 Å². The standard InChI is InChI=1S/C3H8.C2H5F/c1-3-2;1-2-3/h3H2,1-2H3;2H2,1H3. The molecule has 40 valence electrons. The summed E-state index contributed by atoms with van der Waals surface area (Å²) in [6.45, 7) is 5.46. The fraction of sp³-hybridized carbons (Fsp3) is 1.00. The van der Waals surface area contributed by atoms with Gasteiger partial charge in [-0.05, 0) is 6.92 Å². The van der Waals surface area contributed by atoms with Crippen LogP contribution in [0.25, 0.3) is 0 Å². The Hall–Kier alpha value is -0.0700. The minimum atomic E-state index is -0.250. The minimum absolute atomic E-state index is 0.250. The van der Waals surface area contributed by atoms with E-state index in [4.69, 9.17) is 0 Å². The second-order valence-corrected chi connectivity index (χ2v) is 0.974. The van der Waals surface area contributed by atoms with Crippen LogP contribution in [0.4, 0.5) is 4.39 Å². The second-order valence-electron chi connectivity index (χ2n) is 0.974. The fourth-order valence-corrected chi connectivity index (χ4v) is 0. The van der Waals surface area contributed by atoms with E-state index < -0.39 is 0 Å². The molecule has 6 heavy (non-hydrogen) atoms. The van der Waals surface area contributed by atoms with Gasteiger partial charge < -0.3 is 0 Å². The van der Waals surface area contributed by atoms with E-state index in [1.54, 1.807) is 0 Å². The van der Waals surface area contributed by atoms with Gasteiger partial charge in [0.2, 0.25) is 0 Å². The van der Waals surface area contributed by atoms with Crippen molar-refractivity contribution in [2.24, 2.45) is 0 Å². The Labute approximate surface area is 39.4 Å². The molecule has 0 rings (SSSR count). The van der Waals surface area contributed by atoms with Crippen molar-refractivity contribution in [1.82, 2.24) is 0 Å². The lowest BCUT2D eigenvalue weighted by Crippen LogP contribution is -1.40. The van der Waals surface area contributed by atoms with Gasteiger partial charge in [-0.25, -0.2) is 0 Å². The van der Waals surface area contributed by atoms with Gasteiger partial charge in [0, 0.05) is 0 Å². The average Bonchev–Trinajstić information content (AvgIpc) is 1.39. The summed E-state index contributed by atoms with van der Waals surface area (Å²) in [4.78, 5) is 0. The lowest BCUT2D eigenvalue weighted by molar-refractivity contribution is 0.527.